The van der Waals surface area contributed by atoms with Gasteiger partial charge in [-0.15, -0.1) is 6.58 Å². The van der Waals surface area contributed by atoms with E-state index < -0.39 is 23.1 Å². The van der Waals surface area contributed by atoms with Gasteiger partial charge in [-0.1, -0.05) is 6.08 Å². The third kappa shape index (κ3) is 3.24. The van der Waals surface area contributed by atoms with Gasteiger partial charge < -0.3 is 14.7 Å². The Hall–Kier alpha value is -1.52. The third-order valence-corrected chi connectivity index (χ3v) is 2.99. The van der Waals surface area contributed by atoms with Crippen molar-refractivity contribution in [2.24, 2.45) is 5.41 Å². The fourth-order valence-corrected chi connectivity index (χ4v) is 2.06. The molecular formula is C13H21NO4. The van der Waals surface area contributed by atoms with Crippen molar-refractivity contribution < 1.29 is 19.4 Å². The van der Waals surface area contributed by atoms with E-state index in [1.165, 1.54) is 4.90 Å². The minimum atomic E-state index is -0.904. The molecule has 1 N–H and O–H groups in total. The van der Waals surface area contributed by atoms with E-state index in [4.69, 9.17) is 4.74 Å². The Bertz CT molecular complexity index is 358. The SMILES string of the molecule is C=CCC1(C(=O)O)CCN(C(=O)OC(C)(C)C)C1. The summed E-state index contributed by atoms with van der Waals surface area (Å²) in [5, 5.41) is 9.30. The van der Waals surface area contributed by atoms with Crippen molar-refractivity contribution in [3.8, 4) is 0 Å². The molecule has 0 bridgehead atoms. The lowest BCUT2D eigenvalue weighted by molar-refractivity contribution is -0.147. The molecule has 1 amide bonds. The monoisotopic (exact) mass is 255 g/mol. The minimum Gasteiger partial charge on any atom is -0.481 e. The second-order valence-electron chi connectivity index (χ2n) is 5.73. The summed E-state index contributed by atoms with van der Waals surface area (Å²) in [5.74, 6) is -0.881. The van der Waals surface area contributed by atoms with Crippen LogP contribution in [0.15, 0.2) is 12.7 Å². The highest BCUT2D eigenvalue weighted by atomic mass is 16.6. The Balaban J connectivity index is 2.72. The number of likely N-dealkylation sites (tertiary alicyclic amines) is 1. The van der Waals surface area contributed by atoms with Crippen molar-refractivity contribution in [3.05, 3.63) is 12.7 Å². The molecule has 0 aliphatic carbocycles. The Morgan fingerprint density at radius 3 is 2.56 bits per heavy atom. The van der Waals surface area contributed by atoms with Crippen molar-refractivity contribution in [1.82, 2.24) is 4.90 Å². The van der Waals surface area contributed by atoms with Crippen molar-refractivity contribution >= 4 is 12.1 Å². The molecule has 1 fully saturated rings. The van der Waals surface area contributed by atoms with E-state index in [-0.39, 0.29) is 6.54 Å². The first-order valence-electron chi connectivity index (χ1n) is 6.02. The molecule has 0 aromatic carbocycles. The molecule has 0 spiro atoms. The molecule has 102 valence electrons. The number of rotatable bonds is 3. The summed E-state index contributed by atoms with van der Waals surface area (Å²) in [7, 11) is 0. The molecule has 5 heteroatoms. The lowest BCUT2D eigenvalue weighted by Crippen LogP contribution is -2.39. The minimum absolute atomic E-state index is 0.184. The van der Waals surface area contributed by atoms with Gasteiger partial charge in [-0.2, -0.15) is 0 Å². The number of hydrogen-bond acceptors (Lipinski definition) is 3. The summed E-state index contributed by atoms with van der Waals surface area (Å²) in [6, 6.07) is 0. The maximum Gasteiger partial charge on any atom is 0.410 e. The largest absolute Gasteiger partial charge is 0.481 e. The highest BCUT2D eigenvalue weighted by molar-refractivity contribution is 5.78. The zero-order valence-electron chi connectivity index (χ0n) is 11.2. The predicted molar refractivity (Wildman–Crippen MR) is 67.3 cm³/mol. The van der Waals surface area contributed by atoms with Crippen molar-refractivity contribution in [1.29, 1.82) is 0 Å². The van der Waals surface area contributed by atoms with Crippen LogP contribution in [0.3, 0.4) is 0 Å². The van der Waals surface area contributed by atoms with Gasteiger partial charge in [0.25, 0.3) is 0 Å². The predicted octanol–water partition coefficient (Wildman–Crippen LogP) is 2.27. The molecule has 0 saturated carbocycles. The lowest BCUT2D eigenvalue weighted by Gasteiger charge is -2.26. The molecule has 1 aliphatic rings. The second kappa shape index (κ2) is 5.00. The Kier molecular flexibility index (Phi) is 4.04. The van der Waals surface area contributed by atoms with E-state index in [0.717, 1.165) is 0 Å². The average molecular weight is 255 g/mol. The smallest absolute Gasteiger partial charge is 0.410 e. The van der Waals surface area contributed by atoms with Crippen molar-refractivity contribution in [2.75, 3.05) is 13.1 Å². The Morgan fingerprint density at radius 2 is 2.11 bits per heavy atom. The number of allylic oxidation sites excluding steroid dienone is 1. The van der Waals surface area contributed by atoms with Crippen LogP contribution < -0.4 is 0 Å². The summed E-state index contributed by atoms with van der Waals surface area (Å²) in [5.41, 5.74) is -1.47. The van der Waals surface area contributed by atoms with Gasteiger partial charge >= 0.3 is 12.1 Å². The summed E-state index contributed by atoms with van der Waals surface area (Å²) < 4.78 is 5.24. The van der Waals surface area contributed by atoms with Crippen LogP contribution in [0.1, 0.15) is 33.6 Å². The molecule has 1 atom stereocenters. The first-order chi connectivity index (χ1) is 8.20. The number of aliphatic carboxylic acids is 1. The molecule has 1 heterocycles. The molecule has 1 rings (SSSR count). The molecule has 0 radical (unpaired) electrons. The number of carbonyl (C=O) groups excluding carboxylic acids is 1. The van der Waals surface area contributed by atoms with Crippen molar-refractivity contribution in [3.63, 3.8) is 0 Å². The topological polar surface area (TPSA) is 66.8 Å². The zero-order chi connectivity index (χ0) is 14.0. The number of nitrogens with zero attached hydrogens (tertiary/aromatic N) is 1. The molecule has 1 unspecified atom stereocenters. The normalized spacial score (nSPS) is 23.8. The van der Waals surface area contributed by atoms with E-state index in [1.807, 2.05) is 0 Å². The first-order valence-corrected chi connectivity index (χ1v) is 6.02. The number of amides is 1. The van der Waals surface area contributed by atoms with Gasteiger partial charge in [0.05, 0.1) is 5.41 Å². The van der Waals surface area contributed by atoms with Gasteiger partial charge in [-0.05, 0) is 33.6 Å². The van der Waals surface area contributed by atoms with E-state index in [0.29, 0.717) is 19.4 Å². The van der Waals surface area contributed by atoms with Gasteiger partial charge in [0.1, 0.15) is 5.60 Å². The summed E-state index contributed by atoms with van der Waals surface area (Å²) in [4.78, 5) is 24.7. The highest BCUT2D eigenvalue weighted by Gasteiger charge is 2.46. The second-order valence-corrected chi connectivity index (χ2v) is 5.73. The molecule has 1 saturated heterocycles. The molecule has 0 aromatic heterocycles. The third-order valence-electron chi connectivity index (χ3n) is 2.99. The molecule has 18 heavy (non-hydrogen) atoms. The maximum absolute atomic E-state index is 11.9. The number of carboxylic acids is 1. The van der Waals surface area contributed by atoms with Crippen LogP contribution >= 0.6 is 0 Å². The van der Waals surface area contributed by atoms with Crippen LogP contribution in [-0.2, 0) is 9.53 Å². The fourth-order valence-electron chi connectivity index (χ4n) is 2.06. The molecular weight excluding hydrogens is 234 g/mol. The van der Waals surface area contributed by atoms with Crippen LogP contribution in [0.2, 0.25) is 0 Å². The molecule has 5 nitrogen and oxygen atoms in total. The number of carbonyl (C=O) groups is 2. The summed E-state index contributed by atoms with van der Waals surface area (Å²) in [6.45, 7) is 9.54. The number of ether oxygens (including phenoxy) is 1. The first kappa shape index (κ1) is 14.5. The van der Waals surface area contributed by atoms with Gasteiger partial charge in [0.15, 0.2) is 0 Å². The van der Waals surface area contributed by atoms with Crippen molar-refractivity contribution in [2.45, 2.75) is 39.2 Å². The van der Waals surface area contributed by atoms with Gasteiger partial charge in [-0.25, -0.2) is 4.79 Å². The van der Waals surface area contributed by atoms with Gasteiger partial charge in [-0.3, -0.25) is 4.79 Å². The lowest BCUT2D eigenvalue weighted by atomic mass is 9.84. The Labute approximate surface area is 107 Å². The van der Waals surface area contributed by atoms with Gasteiger partial charge in [0, 0.05) is 13.1 Å². The summed E-state index contributed by atoms with van der Waals surface area (Å²) >= 11 is 0. The quantitative estimate of drug-likeness (QED) is 0.786. The zero-order valence-corrected chi connectivity index (χ0v) is 11.2. The van der Waals surface area contributed by atoms with Crippen LogP contribution in [0, 0.1) is 5.41 Å². The van der Waals surface area contributed by atoms with Crippen LogP contribution in [0.25, 0.3) is 0 Å². The van der Waals surface area contributed by atoms with E-state index in [1.54, 1.807) is 26.8 Å². The van der Waals surface area contributed by atoms with Crippen LogP contribution in [0.5, 0.6) is 0 Å². The average Bonchev–Trinajstić information content (AvgIpc) is 2.61. The number of carboxylic acid groups (broad SMARTS) is 1. The molecule has 1 aliphatic heterocycles. The van der Waals surface area contributed by atoms with Crippen LogP contribution in [-0.4, -0.2) is 40.8 Å². The number of hydrogen-bond donors (Lipinski definition) is 1. The Morgan fingerprint density at radius 1 is 1.50 bits per heavy atom. The fraction of sp³-hybridized carbons (Fsp3) is 0.692. The highest BCUT2D eigenvalue weighted by Crippen LogP contribution is 2.35. The molecule has 0 aromatic rings. The van der Waals surface area contributed by atoms with E-state index >= 15 is 0 Å². The van der Waals surface area contributed by atoms with E-state index in [9.17, 15) is 14.7 Å². The van der Waals surface area contributed by atoms with Gasteiger partial charge in [0.2, 0.25) is 0 Å². The maximum atomic E-state index is 11.9. The standard InChI is InChI=1S/C13H21NO4/c1-5-6-13(10(15)16)7-8-14(9-13)11(17)18-12(2,3)4/h5H,1,6-9H2,2-4H3,(H,15,16). The summed E-state index contributed by atoms with van der Waals surface area (Å²) in [6.07, 6.45) is 1.94. The van der Waals surface area contributed by atoms with E-state index in [2.05, 4.69) is 6.58 Å². The van der Waals surface area contributed by atoms with Crippen LogP contribution in [0.4, 0.5) is 4.79 Å².